The Morgan fingerprint density at radius 2 is 1.82 bits per heavy atom. The molecule has 0 atom stereocenters. The molecule has 2 fully saturated rings. The van der Waals surface area contributed by atoms with Gasteiger partial charge >= 0.3 is 0 Å². The maximum Gasteiger partial charge on any atom is 0.291 e. The lowest BCUT2D eigenvalue weighted by Crippen LogP contribution is -2.49. The molecule has 3 aromatic heterocycles. The smallest absolute Gasteiger partial charge is 0.291 e. The van der Waals surface area contributed by atoms with Crippen LogP contribution in [0.1, 0.15) is 50.6 Å². The lowest BCUT2D eigenvalue weighted by atomic mass is 10.2. The quantitative estimate of drug-likeness (QED) is 0.212. The van der Waals surface area contributed by atoms with Gasteiger partial charge < -0.3 is 14.5 Å². The van der Waals surface area contributed by atoms with Gasteiger partial charge in [-0.25, -0.2) is 27.2 Å². The first-order chi connectivity index (χ1) is 21.4. The van der Waals surface area contributed by atoms with Crippen molar-refractivity contribution in [3.63, 3.8) is 0 Å². The number of nitrogens with zero attached hydrogens (tertiary/aromatic N) is 8. The van der Waals surface area contributed by atoms with Crippen LogP contribution in [0.2, 0.25) is 0 Å². The Labute approximate surface area is 269 Å². The number of anilines is 1. The Morgan fingerprint density at radius 1 is 1.13 bits per heavy atom. The van der Waals surface area contributed by atoms with Crippen molar-refractivity contribution in [1.82, 2.24) is 33.8 Å². The molecule has 0 unspecified atom stereocenters. The van der Waals surface area contributed by atoms with Gasteiger partial charge in [-0.1, -0.05) is 49.5 Å². The number of halogens is 2. The molecule has 0 N–H and O–H groups in total. The zero-order valence-corrected chi connectivity index (χ0v) is 27.8. The molecule has 1 aliphatic carbocycles. The predicted molar refractivity (Wildman–Crippen MR) is 171 cm³/mol. The molecule has 4 heterocycles. The predicted octanol–water partition coefficient (Wildman–Crippen LogP) is 5.04. The molecule has 45 heavy (non-hydrogen) atoms. The zero-order valence-electron chi connectivity index (χ0n) is 25.4. The van der Waals surface area contributed by atoms with Crippen molar-refractivity contribution in [1.29, 1.82) is 0 Å². The van der Waals surface area contributed by atoms with Crippen molar-refractivity contribution in [2.75, 3.05) is 38.2 Å². The van der Waals surface area contributed by atoms with Crippen LogP contribution in [0.4, 0.5) is 14.6 Å². The monoisotopic (exact) mass is 676 g/mol. The van der Waals surface area contributed by atoms with Crippen molar-refractivity contribution in [2.24, 2.45) is 5.92 Å². The molecule has 1 aromatic carbocycles. The molecule has 0 amide bonds. The summed E-state index contributed by atoms with van der Waals surface area (Å²) in [6.45, 7) is 8.62. The van der Waals surface area contributed by atoms with Crippen molar-refractivity contribution in [2.45, 2.75) is 57.1 Å². The number of benzene rings is 1. The fraction of sp³-hybridized carbons (Fsp3) is 0.483. The van der Waals surface area contributed by atoms with E-state index in [0.717, 1.165) is 21.9 Å². The minimum atomic E-state index is -4.15. The highest BCUT2D eigenvalue weighted by molar-refractivity contribution is 7.89. The minimum absolute atomic E-state index is 0.147. The lowest BCUT2D eigenvalue weighted by molar-refractivity contribution is 0.150. The van der Waals surface area contributed by atoms with Gasteiger partial charge in [-0.3, -0.25) is 4.40 Å². The van der Waals surface area contributed by atoms with Gasteiger partial charge in [-0.05, 0) is 37.5 Å². The maximum absolute atomic E-state index is 14.5. The number of imidazole rings is 1. The highest BCUT2D eigenvalue weighted by atomic mass is 32.2. The van der Waals surface area contributed by atoms with E-state index in [4.69, 9.17) is 21.9 Å². The number of alkyl halides is 2. The van der Waals surface area contributed by atoms with E-state index in [0.29, 0.717) is 56.1 Å². The third-order valence-corrected chi connectivity index (χ3v) is 11.8. The molecule has 6 rings (SSSR count). The second-order valence-corrected chi connectivity index (χ2v) is 15.0. The largest absolute Gasteiger partial charge is 0.497 e. The van der Waals surface area contributed by atoms with Crippen LogP contribution in [0.3, 0.4) is 0 Å². The van der Waals surface area contributed by atoms with Gasteiger partial charge in [0.15, 0.2) is 26.7 Å². The molecule has 2 aliphatic rings. The van der Waals surface area contributed by atoms with Crippen LogP contribution in [0.5, 0.6) is 5.75 Å². The highest BCUT2D eigenvalue weighted by Gasteiger charge is 2.50. The number of hydrogen-bond donors (Lipinski definition) is 0. The summed E-state index contributed by atoms with van der Waals surface area (Å²) in [4.78, 5) is 14.3. The molecule has 11 nitrogen and oxygen atoms in total. The topological polar surface area (TPSA) is 109 Å². The van der Waals surface area contributed by atoms with E-state index >= 15 is 0 Å². The Morgan fingerprint density at radius 3 is 2.40 bits per heavy atom. The number of hydrogen-bond acceptors (Lipinski definition) is 10. The molecule has 0 bridgehead atoms. The summed E-state index contributed by atoms with van der Waals surface area (Å²) in [7, 11) is -2.57. The lowest BCUT2D eigenvalue weighted by Gasteiger charge is -2.38. The van der Waals surface area contributed by atoms with E-state index in [1.165, 1.54) is 10.5 Å². The third kappa shape index (κ3) is 6.12. The number of sulfonamides is 1. The second-order valence-electron chi connectivity index (χ2n) is 11.8. The van der Waals surface area contributed by atoms with E-state index < -0.39 is 27.0 Å². The molecule has 0 spiro atoms. The van der Waals surface area contributed by atoms with Crippen LogP contribution in [-0.4, -0.2) is 86.0 Å². The van der Waals surface area contributed by atoms with E-state index in [9.17, 15) is 17.2 Å². The van der Waals surface area contributed by atoms with E-state index in [-0.39, 0.29) is 28.3 Å². The van der Waals surface area contributed by atoms with E-state index in [2.05, 4.69) is 33.9 Å². The van der Waals surface area contributed by atoms with Gasteiger partial charge in [0.05, 0.1) is 24.5 Å². The fourth-order valence-electron chi connectivity index (χ4n) is 5.40. The summed E-state index contributed by atoms with van der Waals surface area (Å²) in [5.41, 5.74) is 0.774. The van der Waals surface area contributed by atoms with Crippen LogP contribution in [0, 0.1) is 5.92 Å². The van der Waals surface area contributed by atoms with Gasteiger partial charge in [0.2, 0.25) is 0 Å². The first-order valence-electron chi connectivity index (χ1n) is 14.6. The summed E-state index contributed by atoms with van der Waals surface area (Å²) in [6, 6.07) is 7.30. The standard InChI is InChI=1S/C29H34F2N8O3S3/c1-18(2)28(43)37-13-11-36(12-14-37)24-21-15-32-25(27-35-34-26(44-27)23(30)31)38(21)17-22(33-24)45(40,41)39(29(3)9-10-29)16-19-5-7-20(42-4)8-6-19/h5-8,15,17-18,23H,9-14,16H2,1-4H3. The first kappa shape index (κ1) is 31.6. The highest BCUT2D eigenvalue weighted by Crippen LogP contribution is 2.45. The van der Waals surface area contributed by atoms with E-state index in [1.807, 2.05) is 24.0 Å². The minimum Gasteiger partial charge on any atom is -0.497 e. The second kappa shape index (κ2) is 12.1. The number of methoxy groups -OCH3 is 1. The third-order valence-electron chi connectivity index (χ3n) is 8.30. The molecule has 16 heteroatoms. The maximum atomic E-state index is 14.5. The molecule has 240 valence electrons. The molecular formula is C29H34F2N8O3S3. The van der Waals surface area contributed by atoms with Crippen LogP contribution in [0.25, 0.3) is 16.3 Å². The SMILES string of the molecule is COc1ccc(CN(C2(C)CC2)S(=O)(=O)c2cn3c(-c4nnc(C(F)F)s4)ncc3c(N3CCN(C(=S)C(C)C)CC3)n2)cc1. The number of piperazine rings is 1. The van der Waals surface area contributed by atoms with Crippen LogP contribution < -0.4 is 9.64 Å². The van der Waals surface area contributed by atoms with Crippen molar-refractivity contribution >= 4 is 49.9 Å². The van der Waals surface area contributed by atoms with Crippen molar-refractivity contribution in [3.05, 3.63) is 47.2 Å². The molecule has 1 aliphatic heterocycles. The average Bonchev–Trinajstić information content (AvgIpc) is 3.39. The van der Waals surface area contributed by atoms with E-state index in [1.54, 1.807) is 29.8 Å². The Balaban J connectivity index is 1.44. The van der Waals surface area contributed by atoms with Gasteiger partial charge in [0.1, 0.15) is 11.3 Å². The molecule has 1 saturated carbocycles. The Hall–Kier alpha value is -3.34. The summed E-state index contributed by atoms with van der Waals surface area (Å²) in [5, 5.41) is 7.11. The number of rotatable bonds is 10. The average molecular weight is 677 g/mol. The van der Waals surface area contributed by atoms with Crippen LogP contribution >= 0.6 is 23.6 Å². The summed E-state index contributed by atoms with van der Waals surface area (Å²) < 4.78 is 64.2. The zero-order chi connectivity index (χ0) is 32.1. The molecular weight excluding hydrogens is 643 g/mol. The number of thiocarbonyl (C=S) groups is 1. The fourth-order valence-corrected chi connectivity index (χ4v) is 8.02. The van der Waals surface area contributed by atoms with Gasteiger partial charge in [-0.15, -0.1) is 10.2 Å². The number of fused-ring (bicyclic) bond motifs is 1. The first-order valence-corrected chi connectivity index (χ1v) is 17.3. The molecule has 1 saturated heterocycles. The van der Waals surface area contributed by atoms with Crippen LogP contribution in [0.15, 0.2) is 41.7 Å². The van der Waals surface area contributed by atoms with Crippen molar-refractivity contribution < 1.29 is 21.9 Å². The Kier molecular flexibility index (Phi) is 8.52. The summed E-state index contributed by atoms with van der Waals surface area (Å²) in [6.07, 6.45) is 1.63. The summed E-state index contributed by atoms with van der Waals surface area (Å²) >= 11 is 6.35. The normalized spacial score (nSPS) is 16.7. The van der Waals surface area contributed by atoms with Gasteiger partial charge in [-0.2, -0.15) is 4.31 Å². The van der Waals surface area contributed by atoms with Crippen LogP contribution in [-0.2, 0) is 16.6 Å². The number of aromatic nitrogens is 5. The van der Waals surface area contributed by atoms with Crippen molar-refractivity contribution in [3.8, 4) is 16.6 Å². The molecule has 4 aromatic rings. The van der Waals surface area contributed by atoms with Gasteiger partial charge in [0, 0.05) is 44.2 Å². The summed E-state index contributed by atoms with van der Waals surface area (Å²) in [5.74, 6) is 1.56. The molecule has 0 radical (unpaired) electrons. The number of ether oxygens (including phenoxy) is 1. The van der Waals surface area contributed by atoms with Gasteiger partial charge in [0.25, 0.3) is 16.4 Å². The Bertz CT molecular complexity index is 1820.